The molecule has 1 saturated carbocycles. The van der Waals surface area contributed by atoms with E-state index in [1.54, 1.807) is 0 Å². The first-order valence-electron chi connectivity index (χ1n) is 8.51. The fraction of sp³-hybridized carbons (Fsp3) is 0.938. The Labute approximate surface area is 127 Å². The van der Waals surface area contributed by atoms with Gasteiger partial charge in [-0.1, -0.05) is 19.3 Å². The Morgan fingerprint density at radius 1 is 1.10 bits per heavy atom. The van der Waals surface area contributed by atoms with Crippen molar-refractivity contribution in [1.82, 2.24) is 10.2 Å². The predicted octanol–water partition coefficient (Wildman–Crippen LogP) is 2.50. The molecule has 2 amide bonds. The lowest BCUT2D eigenvalue weighted by Gasteiger charge is -2.40. The Balaban J connectivity index is 1.53. The zero-order valence-corrected chi connectivity index (χ0v) is 13.1. The van der Waals surface area contributed by atoms with Crippen molar-refractivity contribution in [3.8, 4) is 0 Å². The van der Waals surface area contributed by atoms with Crippen molar-refractivity contribution in [2.45, 2.75) is 63.7 Å². The van der Waals surface area contributed by atoms with Crippen molar-refractivity contribution in [2.24, 2.45) is 5.92 Å². The van der Waals surface area contributed by atoms with E-state index in [1.807, 2.05) is 11.8 Å². The molecule has 0 radical (unpaired) electrons. The number of urea groups is 1. The lowest BCUT2D eigenvalue weighted by atomic mass is 9.90. The number of hydrogen-bond acceptors (Lipinski definition) is 3. The number of hydrogen-bond donors (Lipinski definition) is 1. The topological polar surface area (TPSA) is 50.8 Å². The van der Waals surface area contributed by atoms with Gasteiger partial charge in [0, 0.05) is 25.0 Å². The fourth-order valence-corrected chi connectivity index (χ4v) is 3.87. The molecule has 0 aromatic rings. The van der Waals surface area contributed by atoms with Crippen molar-refractivity contribution in [3.05, 3.63) is 0 Å². The number of nitrogens with one attached hydrogen (secondary N) is 1. The number of likely N-dealkylation sites (tertiary alicyclic amines) is 1. The molecule has 2 heterocycles. The van der Waals surface area contributed by atoms with Crippen molar-refractivity contribution < 1.29 is 14.3 Å². The molecule has 0 aromatic carbocycles. The van der Waals surface area contributed by atoms with Gasteiger partial charge in [0.25, 0.3) is 0 Å². The first-order valence-corrected chi connectivity index (χ1v) is 8.51. The number of ether oxygens (including phenoxy) is 2. The fourth-order valence-electron chi connectivity index (χ4n) is 3.87. The maximum atomic E-state index is 12.5. The Bertz CT molecular complexity index is 363. The molecule has 1 N–H and O–H groups in total. The molecule has 1 aliphatic carbocycles. The monoisotopic (exact) mass is 296 g/mol. The van der Waals surface area contributed by atoms with Crippen LogP contribution in [-0.2, 0) is 9.47 Å². The van der Waals surface area contributed by atoms with Gasteiger partial charge in [0.2, 0.25) is 0 Å². The van der Waals surface area contributed by atoms with Gasteiger partial charge in [-0.2, -0.15) is 0 Å². The number of carbonyl (C=O) groups excluding carboxylic acids is 1. The van der Waals surface area contributed by atoms with Gasteiger partial charge in [-0.05, 0) is 32.6 Å². The normalized spacial score (nSPS) is 30.3. The van der Waals surface area contributed by atoms with Crippen LogP contribution in [0.2, 0.25) is 0 Å². The second-order valence-corrected chi connectivity index (χ2v) is 6.78. The van der Waals surface area contributed by atoms with Gasteiger partial charge in [-0.15, -0.1) is 0 Å². The minimum Gasteiger partial charge on any atom is -0.347 e. The minimum absolute atomic E-state index is 0.105. The highest BCUT2D eigenvalue weighted by atomic mass is 16.7. The quantitative estimate of drug-likeness (QED) is 0.852. The maximum absolute atomic E-state index is 12.5. The second kappa shape index (κ2) is 6.53. The van der Waals surface area contributed by atoms with E-state index in [9.17, 15) is 4.79 Å². The molecule has 21 heavy (non-hydrogen) atoms. The van der Waals surface area contributed by atoms with Crippen molar-refractivity contribution >= 4 is 6.03 Å². The summed E-state index contributed by atoms with van der Waals surface area (Å²) in [6.45, 7) is 4.95. The van der Waals surface area contributed by atoms with Gasteiger partial charge >= 0.3 is 6.03 Å². The van der Waals surface area contributed by atoms with Crippen LogP contribution < -0.4 is 5.32 Å². The first kappa shape index (κ1) is 15.1. The summed E-state index contributed by atoms with van der Waals surface area (Å²) in [5.74, 6) is -0.213. The summed E-state index contributed by atoms with van der Waals surface area (Å²) < 4.78 is 11.6. The van der Waals surface area contributed by atoms with E-state index in [2.05, 4.69) is 5.32 Å². The lowest BCUT2D eigenvalue weighted by Crippen LogP contribution is -2.53. The van der Waals surface area contributed by atoms with Gasteiger partial charge in [0.05, 0.1) is 13.2 Å². The van der Waals surface area contributed by atoms with E-state index in [1.165, 1.54) is 19.3 Å². The minimum atomic E-state index is -0.496. The van der Waals surface area contributed by atoms with Gasteiger partial charge < -0.3 is 19.7 Å². The Hall–Kier alpha value is -0.810. The third kappa shape index (κ3) is 3.51. The van der Waals surface area contributed by atoms with Gasteiger partial charge in [-0.25, -0.2) is 4.79 Å². The molecule has 0 unspecified atom stereocenters. The summed E-state index contributed by atoms with van der Waals surface area (Å²) in [6, 6.07) is 0.481. The van der Waals surface area contributed by atoms with E-state index in [4.69, 9.17) is 9.47 Å². The van der Waals surface area contributed by atoms with Crippen LogP contribution in [0.4, 0.5) is 4.79 Å². The van der Waals surface area contributed by atoms with Gasteiger partial charge in [0.15, 0.2) is 5.79 Å². The Morgan fingerprint density at radius 3 is 2.52 bits per heavy atom. The lowest BCUT2D eigenvalue weighted by molar-refractivity contribution is -0.189. The Morgan fingerprint density at radius 2 is 1.81 bits per heavy atom. The summed E-state index contributed by atoms with van der Waals surface area (Å²) in [7, 11) is 0. The second-order valence-electron chi connectivity index (χ2n) is 6.78. The zero-order chi connectivity index (χ0) is 14.7. The molecule has 2 saturated heterocycles. The van der Waals surface area contributed by atoms with Crippen molar-refractivity contribution in [3.63, 3.8) is 0 Å². The molecule has 2 aliphatic heterocycles. The molecule has 3 aliphatic rings. The van der Waals surface area contributed by atoms with E-state index < -0.39 is 5.79 Å². The van der Waals surface area contributed by atoms with Crippen LogP contribution in [0, 0.1) is 5.92 Å². The van der Waals surface area contributed by atoms with E-state index in [-0.39, 0.29) is 11.9 Å². The van der Waals surface area contributed by atoms with E-state index >= 15 is 0 Å². The summed E-state index contributed by atoms with van der Waals surface area (Å²) in [5, 5.41) is 3.22. The average molecular weight is 296 g/mol. The highest BCUT2D eigenvalue weighted by Crippen LogP contribution is 2.34. The SMILES string of the molecule is CC1([C@@H]2CCCN(C(=O)NC3CCCCC3)C2)OCCO1. The van der Waals surface area contributed by atoms with Gasteiger partial charge in [-0.3, -0.25) is 0 Å². The first-order chi connectivity index (χ1) is 10.2. The van der Waals surface area contributed by atoms with E-state index in [0.717, 1.165) is 38.8 Å². The molecule has 1 atom stereocenters. The van der Waals surface area contributed by atoms with Crippen LogP contribution in [0.25, 0.3) is 0 Å². The number of amides is 2. The highest BCUT2D eigenvalue weighted by molar-refractivity contribution is 5.74. The third-order valence-electron chi connectivity index (χ3n) is 5.24. The van der Waals surface area contributed by atoms with Crippen LogP contribution in [0.5, 0.6) is 0 Å². The molecule has 3 fully saturated rings. The molecule has 120 valence electrons. The van der Waals surface area contributed by atoms with Crippen LogP contribution in [0.3, 0.4) is 0 Å². The number of carbonyl (C=O) groups is 1. The molecule has 5 heteroatoms. The molecular formula is C16H28N2O3. The van der Waals surface area contributed by atoms with E-state index in [0.29, 0.717) is 19.3 Å². The Kier molecular flexibility index (Phi) is 4.69. The molecule has 3 rings (SSSR count). The number of piperidine rings is 1. The molecule has 5 nitrogen and oxygen atoms in total. The summed E-state index contributed by atoms with van der Waals surface area (Å²) in [4.78, 5) is 14.4. The average Bonchev–Trinajstić information content (AvgIpc) is 2.97. The molecule has 0 spiro atoms. The van der Waals surface area contributed by atoms with Gasteiger partial charge in [0.1, 0.15) is 0 Å². The van der Waals surface area contributed by atoms with Crippen molar-refractivity contribution in [2.75, 3.05) is 26.3 Å². The van der Waals surface area contributed by atoms with Crippen LogP contribution in [0.15, 0.2) is 0 Å². The standard InChI is InChI=1S/C16H28N2O3/c1-16(20-10-11-21-16)13-6-5-9-18(12-13)15(19)17-14-7-3-2-4-8-14/h13-14H,2-12H2,1H3,(H,17,19)/t13-/m1/s1. The summed E-state index contributed by atoms with van der Waals surface area (Å²) in [5.41, 5.74) is 0. The van der Waals surface area contributed by atoms with Crippen LogP contribution >= 0.6 is 0 Å². The largest absolute Gasteiger partial charge is 0.347 e. The smallest absolute Gasteiger partial charge is 0.317 e. The number of rotatable bonds is 2. The number of nitrogens with zero attached hydrogens (tertiary/aromatic N) is 1. The third-order valence-corrected chi connectivity index (χ3v) is 5.24. The van der Waals surface area contributed by atoms with Crippen molar-refractivity contribution in [1.29, 1.82) is 0 Å². The molecule has 0 aromatic heterocycles. The van der Waals surface area contributed by atoms with Crippen LogP contribution in [0.1, 0.15) is 51.9 Å². The maximum Gasteiger partial charge on any atom is 0.317 e. The van der Waals surface area contributed by atoms with Crippen LogP contribution in [-0.4, -0.2) is 49.1 Å². The molecular weight excluding hydrogens is 268 g/mol. The molecule has 0 bridgehead atoms. The summed E-state index contributed by atoms with van der Waals surface area (Å²) >= 11 is 0. The predicted molar refractivity (Wildman–Crippen MR) is 80.0 cm³/mol. The highest BCUT2D eigenvalue weighted by Gasteiger charge is 2.42. The zero-order valence-electron chi connectivity index (χ0n) is 13.1. The summed E-state index contributed by atoms with van der Waals surface area (Å²) in [6.07, 6.45) is 8.17.